The molecule has 0 aliphatic heterocycles. The van der Waals surface area contributed by atoms with Crippen molar-refractivity contribution in [2.45, 2.75) is 26.7 Å². The van der Waals surface area contributed by atoms with Gasteiger partial charge in [0, 0.05) is 12.0 Å². The highest BCUT2D eigenvalue weighted by Crippen LogP contribution is 2.33. The van der Waals surface area contributed by atoms with E-state index in [1.165, 1.54) is 25.3 Å². The smallest absolute Gasteiger partial charge is 0.232 e. The van der Waals surface area contributed by atoms with E-state index in [-0.39, 0.29) is 23.5 Å². The summed E-state index contributed by atoms with van der Waals surface area (Å²) in [5.41, 5.74) is 2.11. The fraction of sp³-hybridized carbons (Fsp3) is 0.238. The highest BCUT2D eigenvalue weighted by molar-refractivity contribution is 6.44. The Morgan fingerprint density at radius 2 is 1.69 bits per heavy atom. The molecule has 2 N–H and O–H groups in total. The summed E-state index contributed by atoms with van der Waals surface area (Å²) in [6.07, 6.45) is 2.20. The van der Waals surface area contributed by atoms with Crippen LogP contribution >= 0.6 is 0 Å². The number of benzene rings is 2. The number of ketones is 2. The van der Waals surface area contributed by atoms with Gasteiger partial charge >= 0.3 is 0 Å². The maximum absolute atomic E-state index is 12.5. The van der Waals surface area contributed by atoms with Crippen LogP contribution < -0.4 is 4.74 Å². The molecular formula is C21H22O5. The first kappa shape index (κ1) is 19.2. The highest BCUT2D eigenvalue weighted by Gasteiger charge is 2.23. The minimum Gasteiger partial charge on any atom is -0.508 e. The Kier molecular flexibility index (Phi) is 6.17. The van der Waals surface area contributed by atoms with Gasteiger partial charge in [0.1, 0.15) is 17.2 Å². The predicted octanol–water partition coefficient (Wildman–Crippen LogP) is 3.61. The maximum Gasteiger partial charge on any atom is 0.232 e. The summed E-state index contributed by atoms with van der Waals surface area (Å²) in [5, 5.41) is 19.8. The van der Waals surface area contributed by atoms with Gasteiger partial charge in [-0.15, -0.1) is 0 Å². The molecule has 2 aromatic carbocycles. The van der Waals surface area contributed by atoms with Gasteiger partial charge in [-0.2, -0.15) is 0 Å². The summed E-state index contributed by atoms with van der Waals surface area (Å²) in [7, 11) is 1.48. The lowest BCUT2D eigenvalue weighted by Crippen LogP contribution is -2.17. The van der Waals surface area contributed by atoms with Crippen LogP contribution in [0.3, 0.4) is 0 Å². The minimum absolute atomic E-state index is 0.0354. The summed E-state index contributed by atoms with van der Waals surface area (Å²) in [6.45, 7) is 3.86. The number of methoxy groups -OCH3 is 1. The number of ether oxygens (including phenoxy) is 1. The third-order valence-electron chi connectivity index (χ3n) is 3.97. The summed E-state index contributed by atoms with van der Waals surface area (Å²) in [4.78, 5) is 24.8. The van der Waals surface area contributed by atoms with Gasteiger partial charge in [-0.1, -0.05) is 23.8 Å². The van der Waals surface area contributed by atoms with Crippen LogP contribution in [-0.4, -0.2) is 28.9 Å². The Morgan fingerprint density at radius 1 is 1.04 bits per heavy atom. The van der Waals surface area contributed by atoms with Crippen LogP contribution in [0.25, 0.3) is 0 Å². The number of hydrogen-bond acceptors (Lipinski definition) is 5. The Morgan fingerprint density at radius 3 is 2.27 bits per heavy atom. The average molecular weight is 354 g/mol. The molecule has 0 saturated carbocycles. The second-order valence-corrected chi connectivity index (χ2v) is 6.22. The number of aromatic hydroxyl groups is 2. The monoisotopic (exact) mass is 354 g/mol. The van der Waals surface area contributed by atoms with Gasteiger partial charge in [0.05, 0.1) is 12.7 Å². The molecule has 0 spiro atoms. The first-order chi connectivity index (χ1) is 12.3. The normalized spacial score (nSPS) is 10.3. The van der Waals surface area contributed by atoms with E-state index in [1.54, 1.807) is 18.2 Å². The number of allylic oxidation sites excluding steroid dienone is 2. The Labute approximate surface area is 152 Å². The molecule has 2 rings (SSSR count). The molecule has 0 atom stereocenters. The van der Waals surface area contributed by atoms with E-state index in [4.69, 9.17) is 4.74 Å². The van der Waals surface area contributed by atoms with Gasteiger partial charge in [-0.3, -0.25) is 9.59 Å². The van der Waals surface area contributed by atoms with E-state index in [0.29, 0.717) is 23.3 Å². The molecule has 0 saturated heterocycles. The molecule has 0 unspecified atom stereocenters. The SMILES string of the molecule is COc1ccc(C(=O)C(=O)Cc2ccc(O)cc2)c(O)c1CC=C(C)C. The van der Waals surface area contributed by atoms with Crippen molar-refractivity contribution in [2.75, 3.05) is 7.11 Å². The van der Waals surface area contributed by atoms with Crippen LogP contribution in [0.5, 0.6) is 17.2 Å². The zero-order chi connectivity index (χ0) is 19.3. The first-order valence-corrected chi connectivity index (χ1v) is 8.21. The van der Waals surface area contributed by atoms with Crippen LogP contribution in [-0.2, 0) is 17.6 Å². The van der Waals surface area contributed by atoms with Crippen molar-refractivity contribution in [2.24, 2.45) is 0 Å². The van der Waals surface area contributed by atoms with Crippen molar-refractivity contribution in [1.29, 1.82) is 0 Å². The lowest BCUT2D eigenvalue weighted by Gasteiger charge is -2.12. The molecule has 26 heavy (non-hydrogen) atoms. The lowest BCUT2D eigenvalue weighted by atomic mass is 9.97. The van der Waals surface area contributed by atoms with Crippen molar-refractivity contribution in [1.82, 2.24) is 0 Å². The standard InChI is InChI=1S/C21H22O5/c1-13(2)4-9-16-19(26-3)11-10-17(20(16)24)21(25)18(23)12-14-5-7-15(22)8-6-14/h4-8,10-11,22,24H,9,12H2,1-3H3. The zero-order valence-electron chi connectivity index (χ0n) is 15.1. The summed E-state index contributed by atoms with van der Waals surface area (Å²) < 4.78 is 5.25. The number of carbonyl (C=O) groups excluding carboxylic acids is 2. The molecule has 0 heterocycles. The van der Waals surface area contributed by atoms with Crippen LogP contribution in [0.2, 0.25) is 0 Å². The van der Waals surface area contributed by atoms with E-state index in [0.717, 1.165) is 5.57 Å². The molecule has 0 aliphatic rings. The third-order valence-corrected chi connectivity index (χ3v) is 3.97. The Balaban J connectivity index is 2.30. The van der Waals surface area contributed by atoms with Crippen molar-refractivity contribution >= 4 is 11.6 Å². The van der Waals surface area contributed by atoms with E-state index < -0.39 is 11.6 Å². The van der Waals surface area contributed by atoms with E-state index >= 15 is 0 Å². The van der Waals surface area contributed by atoms with E-state index in [9.17, 15) is 19.8 Å². The third kappa shape index (κ3) is 4.51. The molecule has 136 valence electrons. The van der Waals surface area contributed by atoms with Crippen LogP contribution in [0.15, 0.2) is 48.0 Å². The number of Topliss-reactive ketones (excluding diaryl/α,β-unsaturated/α-hetero) is 2. The second kappa shape index (κ2) is 8.34. The van der Waals surface area contributed by atoms with Crippen LogP contribution in [0.1, 0.15) is 35.3 Å². The van der Waals surface area contributed by atoms with Crippen LogP contribution in [0, 0.1) is 0 Å². The molecule has 0 aliphatic carbocycles. The number of phenols is 2. The number of phenolic OH excluding ortho intramolecular Hbond substituents is 2. The molecule has 0 amide bonds. The van der Waals surface area contributed by atoms with Crippen molar-refractivity contribution < 1.29 is 24.5 Å². The topological polar surface area (TPSA) is 83.8 Å². The molecule has 0 fully saturated rings. The second-order valence-electron chi connectivity index (χ2n) is 6.22. The highest BCUT2D eigenvalue weighted by atomic mass is 16.5. The fourth-order valence-corrected chi connectivity index (χ4v) is 2.53. The largest absolute Gasteiger partial charge is 0.508 e. The van der Waals surface area contributed by atoms with Gasteiger partial charge in [0.15, 0.2) is 0 Å². The summed E-state index contributed by atoms with van der Waals surface area (Å²) in [5.74, 6) is -1.07. The summed E-state index contributed by atoms with van der Waals surface area (Å²) >= 11 is 0. The molecule has 0 bridgehead atoms. The first-order valence-electron chi connectivity index (χ1n) is 8.21. The van der Waals surface area contributed by atoms with E-state index in [2.05, 4.69) is 0 Å². The van der Waals surface area contributed by atoms with Crippen molar-refractivity contribution in [3.05, 3.63) is 64.7 Å². The van der Waals surface area contributed by atoms with Crippen molar-refractivity contribution in [3.63, 3.8) is 0 Å². The van der Waals surface area contributed by atoms with Gasteiger partial charge in [-0.05, 0) is 50.1 Å². The van der Waals surface area contributed by atoms with Gasteiger partial charge in [0.2, 0.25) is 11.6 Å². The molecule has 0 radical (unpaired) electrons. The van der Waals surface area contributed by atoms with Crippen molar-refractivity contribution in [3.8, 4) is 17.2 Å². The molecular weight excluding hydrogens is 332 g/mol. The molecule has 2 aromatic rings. The minimum atomic E-state index is -0.753. The zero-order valence-corrected chi connectivity index (χ0v) is 15.1. The lowest BCUT2D eigenvalue weighted by molar-refractivity contribution is -0.114. The average Bonchev–Trinajstić information content (AvgIpc) is 2.61. The molecule has 5 heteroatoms. The predicted molar refractivity (Wildman–Crippen MR) is 98.9 cm³/mol. The summed E-state index contributed by atoms with van der Waals surface area (Å²) in [6, 6.07) is 9.04. The van der Waals surface area contributed by atoms with Gasteiger partial charge < -0.3 is 14.9 Å². The number of hydrogen-bond donors (Lipinski definition) is 2. The van der Waals surface area contributed by atoms with Gasteiger partial charge in [0.25, 0.3) is 0 Å². The quantitative estimate of drug-likeness (QED) is 0.451. The molecule has 5 nitrogen and oxygen atoms in total. The Hall–Kier alpha value is -3.08. The number of carbonyl (C=O) groups is 2. The van der Waals surface area contributed by atoms with Gasteiger partial charge in [-0.25, -0.2) is 0 Å². The fourth-order valence-electron chi connectivity index (χ4n) is 2.53. The number of rotatable bonds is 7. The van der Waals surface area contributed by atoms with Crippen LogP contribution in [0.4, 0.5) is 0 Å². The Bertz CT molecular complexity index is 843. The maximum atomic E-state index is 12.5. The molecule has 0 aromatic heterocycles. The van der Waals surface area contributed by atoms with E-state index in [1.807, 2.05) is 19.9 Å².